The van der Waals surface area contributed by atoms with Crippen molar-refractivity contribution < 1.29 is 13.2 Å². The highest BCUT2D eigenvalue weighted by molar-refractivity contribution is 7.94. The summed E-state index contributed by atoms with van der Waals surface area (Å²) in [4.78, 5) is 11.9. The van der Waals surface area contributed by atoms with Gasteiger partial charge in [-0.3, -0.25) is 4.79 Å². The number of hydrogen-bond donors (Lipinski definition) is 2. The minimum Gasteiger partial charge on any atom is -0.326 e. The van der Waals surface area contributed by atoms with E-state index in [1.165, 1.54) is 6.07 Å². The predicted octanol–water partition coefficient (Wildman–Crippen LogP) is 1.62. The van der Waals surface area contributed by atoms with Crippen LogP contribution < -0.4 is 11.1 Å². The van der Waals surface area contributed by atoms with Crippen molar-refractivity contribution in [1.82, 2.24) is 0 Å². The lowest BCUT2D eigenvalue weighted by molar-refractivity contribution is -0.113. The Bertz CT molecular complexity index is 694. The number of benzene rings is 1. The van der Waals surface area contributed by atoms with Crippen molar-refractivity contribution in [3.63, 3.8) is 0 Å². The first-order valence-corrected chi connectivity index (χ1v) is 8.40. The third-order valence-corrected chi connectivity index (χ3v) is 5.74. The van der Waals surface area contributed by atoms with Gasteiger partial charge in [0, 0.05) is 12.2 Å². The first-order chi connectivity index (χ1) is 9.53. The van der Waals surface area contributed by atoms with Gasteiger partial charge in [0.2, 0.25) is 5.91 Å². The van der Waals surface area contributed by atoms with Crippen LogP contribution >= 0.6 is 11.3 Å². The van der Waals surface area contributed by atoms with Crippen LogP contribution in [0.5, 0.6) is 0 Å². The van der Waals surface area contributed by atoms with Gasteiger partial charge in [-0.15, -0.1) is 11.3 Å². The van der Waals surface area contributed by atoms with Gasteiger partial charge in [0.25, 0.3) is 0 Å². The molecule has 0 aliphatic rings. The fourth-order valence-corrected chi connectivity index (χ4v) is 3.91. The number of rotatable bonds is 5. The molecule has 1 aromatic carbocycles. The standard InChI is InChI=1S/C13H14N2O3S2/c14-8-10-4-1-2-5-11(10)15-12(16)9-20(17,18)13-6-3-7-19-13/h1-7H,8-9,14H2,(H,15,16). The second-order valence-corrected chi connectivity index (χ2v) is 7.26. The number of nitrogens with two attached hydrogens (primary N) is 1. The molecule has 106 valence electrons. The Morgan fingerprint density at radius 2 is 1.95 bits per heavy atom. The van der Waals surface area contributed by atoms with Crippen LogP contribution in [0.1, 0.15) is 5.56 Å². The highest BCUT2D eigenvalue weighted by Gasteiger charge is 2.20. The number of amides is 1. The van der Waals surface area contributed by atoms with Crippen LogP contribution in [-0.4, -0.2) is 20.1 Å². The first kappa shape index (κ1) is 14.7. The average Bonchev–Trinajstić information content (AvgIpc) is 2.93. The Morgan fingerprint density at radius 3 is 2.60 bits per heavy atom. The maximum absolute atomic E-state index is 12.0. The van der Waals surface area contributed by atoms with Crippen LogP contribution in [0, 0.1) is 0 Å². The molecule has 0 saturated carbocycles. The molecule has 0 saturated heterocycles. The van der Waals surface area contributed by atoms with E-state index in [-0.39, 0.29) is 10.8 Å². The SMILES string of the molecule is NCc1ccccc1NC(=O)CS(=O)(=O)c1cccs1. The second-order valence-electron chi connectivity index (χ2n) is 4.10. The van der Waals surface area contributed by atoms with Gasteiger partial charge in [-0.1, -0.05) is 24.3 Å². The zero-order valence-electron chi connectivity index (χ0n) is 10.6. The molecular weight excluding hydrogens is 296 g/mol. The van der Waals surface area contributed by atoms with Gasteiger partial charge in [0.1, 0.15) is 9.96 Å². The Balaban J connectivity index is 2.10. The molecule has 0 aliphatic carbocycles. The molecule has 2 aromatic rings. The Morgan fingerprint density at radius 1 is 1.20 bits per heavy atom. The molecule has 5 nitrogen and oxygen atoms in total. The molecular formula is C13H14N2O3S2. The minimum absolute atomic E-state index is 0.194. The van der Waals surface area contributed by atoms with Gasteiger partial charge in [-0.2, -0.15) is 0 Å². The molecule has 20 heavy (non-hydrogen) atoms. The molecule has 0 radical (unpaired) electrons. The molecule has 1 amide bonds. The van der Waals surface area contributed by atoms with Crippen molar-refractivity contribution in [2.24, 2.45) is 5.73 Å². The molecule has 3 N–H and O–H groups in total. The summed E-state index contributed by atoms with van der Waals surface area (Å²) in [7, 11) is -3.58. The van der Waals surface area contributed by atoms with Gasteiger partial charge in [0.15, 0.2) is 9.84 Å². The summed E-state index contributed by atoms with van der Waals surface area (Å²) >= 11 is 1.10. The quantitative estimate of drug-likeness (QED) is 0.878. The number of anilines is 1. The molecule has 2 rings (SSSR count). The normalized spacial score (nSPS) is 11.2. The Hall–Kier alpha value is -1.70. The molecule has 7 heteroatoms. The third-order valence-electron chi connectivity index (χ3n) is 2.63. The maximum atomic E-state index is 12.0. The molecule has 0 fully saturated rings. The molecule has 0 bridgehead atoms. The van der Waals surface area contributed by atoms with Crippen LogP contribution in [0.3, 0.4) is 0 Å². The van der Waals surface area contributed by atoms with Crippen LogP contribution in [0.25, 0.3) is 0 Å². The van der Waals surface area contributed by atoms with E-state index in [2.05, 4.69) is 5.32 Å². The number of carbonyl (C=O) groups is 1. The van der Waals surface area contributed by atoms with Crippen molar-refractivity contribution in [3.05, 3.63) is 47.3 Å². The summed E-state index contributed by atoms with van der Waals surface area (Å²) in [5.74, 6) is -1.15. The van der Waals surface area contributed by atoms with E-state index >= 15 is 0 Å². The maximum Gasteiger partial charge on any atom is 0.240 e. The zero-order chi connectivity index (χ0) is 14.6. The van der Waals surface area contributed by atoms with Gasteiger partial charge in [0.05, 0.1) is 0 Å². The third kappa shape index (κ3) is 3.44. The van der Waals surface area contributed by atoms with E-state index in [0.717, 1.165) is 16.9 Å². The lowest BCUT2D eigenvalue weighted by Gasteiger charge is -2.09. The molecule has 0 unspecified atom stereocenters. The van der Waals surface area contributed by atoms with E-state index in [9.17, 15) is 13.2 Å². The van der Waals surface area contributed by atoms with Crippen molar-refractivity contribution in [2.75, 3.05) is 11.1 Å². The molecule has 0 spiro atoms. The Kier molecular flexibility index (Phi) is 4.53. The van der Waals surface area contributed by atoms with E-state index < -0.39 is 21.5 Å². The number of nitrogens with one attached hydrogen (secondary N) is 1. The lowest BCUT2D eigenvalue weighted by Crippen LogP contribution is -2.23. The number of para-hydroxylation sites is 1. The van der Waals surface area contributed by atoms with Crippen molar-refractivity contribution in [1.29, 1.82) is 0 Å². The lowest BCUT2D eigenvalue weighted by atomic mass is 10.2. The van der Waals surface area contributed by atoms with Crippen LogP contribution in [-0.2, 0) is 21.2 Å². The summed E-state index contributed by atoms with van der Waals surface area (Å²) in [6.45, 7) is 0.272. The largest absolute Gasteiger partial charge is 0.326 e. The summed E-state index contributed by atoms with van der Waals surface area (Å²) in [5.41, 5.74) is 6.86. The van der Waals surface area contributed by atoms with Crippen LogP contribution in [0.2, 0.25) is 0 Å². The highest BCUT2D eigenvalue weighted by Crippen LogP contribution is 2.18. The van der Waals surface area contributed by atoms with E-state index in [0.29, 0.717) is 5.69 Å². The van der Waals surface area contributed by atoms with Crippen LogP contribution in [0.15, 0.2) is 46.0 Å². The van der Waals surface area contributed by atoms with Gasteiger partial charge in [-0.05, 0) is 23.1 Å². The summed E-state index contributed by atoms with van der Waals surface area (Å²) < 4.78 is 24.1. The fourth-order valence-electron chi connectivity index (χ4n) is 1.69. The summed E-state index contributed by atoms with van der Waals surface area (Å²) in [5, 5.41) is 4.25. The van der Waals surface area contributed by atoms with E-state index in [1.54, 1.807) is 35.7 Å². The highest BCUT2D eigenvalue weighted by atomic mass is 32.2. The number of hydrogen-bond acceptors (Lipinski definition) is 5. The average molecular weight is 310 g/mol. The number of thiophene rings is 1. The van der Waals surface area contributed by atoms with Crippen molar-refractivity contribution in [2.45, 2.75) is 10.8 Å². The summed E-state index contributed by atoms with van der Waals surface area (Å²) in [6.07, 6.45) is 0. The summed E-state index contributed by atoms with van der Waals surface area (Å²) in [6, 6.07) is 10.2. The van der Waals surface area contributed by atoms with Gasteiger partial charge >= 0.3 is 0 Å². The van der Waals surface area contributed by atoms with Gasteiger partial charge in [-0.25, -0.2) is 8.42 Å². The molecule has 0 atom stereocenters. The van der Waals surface area contributed by atoms with E-state index in [1.807, 2.05) is 0 Å². The predicted molar refractivity (Wildman–Crippen MR) is 79.3 cm³/mol. The molecule has 1 heterocycles. The topological polar surface area (TPSA) is 89.3 Å². The van der Waals surface area contributed by atoms with Crippen molar-refractivity contribution >= 4 is 32.8 Å². The number of sulfone groups is 1. The monoisotopic (exact) mass is 310 g/mol. The molecule has 1 aromatic heterocycles. The molecule has 0 aliphatic heterocycles. The van der Waals surface area contributed by atoms with Gasteiger partial charge < -0.3 is 11.1 Å². The van der Waals surface area contributed by atoms with Crippen LogP contribution in [0.4, 0.5) is 5.69 Å². The fraction of sp³-hybridized carbons (Fsp3) is 0.154. The smallest absolute Gasteiger partial charge is 0.240 e. The van der Waals surface area contributed by atoms with Crippen molar-refractivity contribution in [3.8, 4) is 0 Å². The zero-order valence-corrected chi connectivity index (χ0v) is 12.2. The van der Waals surface area contributed by atoms with E-state index in [4.69, 9.17) is 5.73 Å². The number of carbonyl (C=O) groups excluding carboxylic acids is 1. The minimum atomic E-state index is -3.58. The first-order valence-electron chi connectivity index (χ1n) is 5.87. The Labute approximate surface area is 121 Å². The second kappa shape index (κ2) is 6.17.